The number of carbonyl (C=O) groups excluding carboxylic acids is 2. The fourth-order valence-corrected chi connectivity index (χ4v) is 2.25. The first-order valence-electron chi connectivity index (χ1n) is 5.67. The Hall–Kier alpha value is -2.14. The van der Waals surface area contributed by atoms with E-state index in [1.165, 1.54) is 6.92 Å². The Morgan fingerprint density at radius 1 is 1.32 bits per heavy atom. The lowest BCUT2D eigenvalue weighted by Crippen LogP contribution is -2.23. The zero-order valence-corrected chi connectivity index (χ0v) is 11.1. The van der Waals surface area contributed by atoms with Gasteiger partial charge in [-0.25, -0.2) is 0 Å². The summed E-state index contributed by atoms with van der Waals surface area (Å²) in [5.41, 5.74) is 1.05. The molecule has 4 nitrogen and oxygen atoms in total. The molecule has 96 valence electrons. The van der Waals surface area contributed by atoms with Gasteiger partial charge in [-0.05, 0) is 23.4 Å². The van der Waals surface area contributed by atoms with E-state index in [-0.39, 0.29) is 11.8 Å². The molecule has 0 saturated carbocycles. The highest BCUT2D eigenvalue weighted by Crippen LogP contribution is 2.25. The molecule has 1 aromatic carbocycles. The second-order valence-electron chi connectivity index (χ2n) is 3.81. The largest absolute Gasteiger partial charge is 0.305 e. The second-order valence-corrected chi connectivity index (χ2v) is 4.84. The van der Waals surface area contributed by atoms with Crippen LogP contribution in [0.3, 0.4) is 0 Å². The Balaban J connectivity index is 2.01. The lowest BCUT2D eigenvalue weighted by molar-refractivity contribution is -0.117. The van der Waals surface area contributed by atoms with Gasteiger partial charge in [0.1, 0.15) is 0 Å². The van der Waals surface area contributed by atoms with Gasteiger partial charge in [0, 0.05) is 6.92 Å². The highest BCUT2D eigenvalue weighted by atomic mass is 32.2. The number of nitrogens with zero attached hydrogens (tertiary/aromatic N) is 1. The van der Waals surface area contributed by atoms with Gasteiger partial charge in [-0.3, -0.25) is 9.59 Å². The molecule has 1 heterocycles. The summed E-state index contributed by atoms with van der Waals surface area (Å²) in [6.07, 6.45) is 5.39. The molecule has 2 amide bonds. The number of benzene rings is 1. The molecule has 0 unspecified atom stereocenters. The molecular weight excluding hydrogens is 260 g/mol. The van der Waals surface area contributed by atoms with E-state index in [1.807, 2.05) is 36.4 Å². The van der Waals surface area contributed by atoms with Crippen LogP contribution in [0, 0.1) is 0 Å². The molecule has 0 radical (unpaired) electrons. The SMILES string of the molecule is CC(=O)NC1=NC(=O)/C(=C\C=C/c2ccccc2)S1. The molecule has 0 saturated heterocycles. The van der Waals surface area contributed by atoms with Crippen molar-refractivity contribution in [2.75, 3.05) is 0 Å². The first kappa shape index (κ1) is 13.3. The average Bonchev–Trinajstić information content (AvgIpc) is 2.70. The quantitative estimate of drug-likeness (QED) is 0.841. The molecule has 0 fully saturated rings. The van der Waals surface area contributed by atoms with Crippen LogP contribution in [-0.2, 0) is 9.59 Å². The van der Waals surface area contributed by atoms with Gasteiger partial charge >= 0.3 is 0 Å². The van der Waals surface area contributed by atoms with Crippen molar-refractivity contribution >= 4 is 34.8 Å². The Bertz CT molecular complexity index is 589. The van der Waals surface area contributed by atoms with Gasteiger partial charge < -0.3 is 5.32 Å². The number of aliphatic imine (C=N–C) groups is 1. The third-order valence-corrected chi connectivity index (χ3v) is 3.16. The monoisotopic (exact) mass is 272 g/mol. The molecule has 19 heavy (non-hydrogen) atoms. The van der Waals surface area contributed by atoms with Gasteiger partial charge in [-0.1, -0.05) is 42.5 Å². The number of amidine groups is 1. The summed E-state index contributed by atoms with van der Waals surface area (Å²) >= 11 is 1.16. The van der Waals surface area contributed by atoms with E-state index < -0.39 is 0 Å². The van der Waals surface area contributed by atoms with Crippen molar-refractivity contribution in [1.82, 2.24) is 5.32 Å². The molecule has 0 aromatic heterocycles. The number of hydrogen-bond acceptors (Lipinski definition) is 3. The number of hydrogen-bond donors (Lipinski definition) is 1. The van der Waals surface area contributed by atoms with Gasteiger partial charge in [0.25, 0.3) is 5.91 Å². The Morgan fingerprint density at radius 3 is 2.74 bits per heavy atom. The van der Waals surface area contributed by atoms with Crippen molar-refractivity contribution in [3.63, 3.8) is 0 Å². The van der Waals surface area contributed by atoms with Crippen molar-refractivity contribution in [3.05, 3.63) is 53.0 Å². The summed E-state index contributed by atoms with van der Waals surface area (Å²) < 4.78 is 0. The van der Waals surface area contributed by atoms with E-state index in [9.17, 15) is 9.59 Å². The summed E-state index contributed by atoms with van der Waals surface area (Å²) in [6.45, 7) is 1.38. The zero-order chi connectivity index (χ0) is 13.7. The number of amides is 2. The minimum Gasteiger partial charge on any atom is -0.305 e. The van der Waals surface area contributed by atoms with Crippen LogP contribution in [-0.4, -0.2) is 17.0 Å². The molecule has 0 spiro atoms. The lowest BCUT2D eigenvalue weighted by Gasteiger charge is -1.96. The van der Waals surface area contributed by atoms with E-state index >= 15 is 0 Å². The van der Waals surface area contributed by atoms with Crippen LogP contribution >= 0.6 is 11.8 Å². The highest BCUT2D eigenvalue weighted by Gasteiger charge is 2.21. The number of nitrogens with one attached hydrogen (secondary N) is 1. The van der Waals surface area contributed by atoms with E-state index in [4.69, 9.17) is 0 Å². The van der Waals surface area contributed by atoms with Crippen molar-refractivity contribution < 1.29 is 9.59 Å². The van der Waals surface area contributed by atoms with Crippen LogP contribution in [0.25, 0.3) is 6.08 Å². The van der Waals surface area contributed by atoms with E-state index in [0.29, 0.717) is 10.1 Å². The summed E-state index contributed by atoms with van der Waals surface area (Å²) in [6, 6.07) is 9.77. The standard InChI is InChI=1S/C14H12N2O2S/c1-10(17)15-14-16-13(18)12(19-14)9-5-8-11-6-3-2-4-7-11/h2-9H,1H3,(H,15,16,17,18)/b8-5-,12-9+. The highest BCUT2D eigenvalue weighted by molar-refractivity contribution is 8.18. The van der Waals surface area contributed by atoms with Crippen molar-refractivity contribution in [3.8, 4) is 0 Å². The maximum absolute atomic E-state index is 11.5. The molecule has 1 aromatic rings. The molecule has 1 aliphatic rings. The molecule has 0 bridgehead atoms. The first-order chi connectivity index (χ1) is 9.15. The number of rotatable bonds is 2. The van der Waals surface area contributed by atoms with Crippen LogP contribution in [0.5, 0.6) is 0 Å². The summed E-state index contributed by atoms with van der Waals surface area (Å²) in [4.78, 5) is 26.6. The smallest absolute Gasteiger partial charge is 0.286 e. The molecule has 1 aliphatic heterocycles. The predicted molar refractivity (Wildman–Crippen MR) is 77.4 cm³/mol. The Labute approximate surface area is 115 Å². The molecule has 0 atom stereocenters. The minimum absolute atomic E-state index is 0.236. The van der Waals surface area contributed by atoms with Crippen LogP contribution in [0.4, 0.5) is 0 Å². The zero-order valence-electron chi connectivity index (χ0n) is 10.3. The third kappa shape index (κ3) is 3.93. The summed E-state index contributed by atoms with van der Waals surface area (Å²) in [5.74, 6) is -0.563. The molecular formula is C14H12N2O2S. The van der Waals surface area contributed by atoms with Gasteiger partial charge in [0.05, 0.1) is 4.91 Å². The predicted octanol–water partition coefficient (Wildman–Crippen LogP) is 2.35. The fourth-order valence-electron chi connectivity index (χ4n) is 1.44. The molecule has 2 rings (SSSR count). The minimum atomic E-state index is -0.327. The first-order valence-corrected chi connectivity index (χ1v) is 6.48. The summed E-state index contributed by atoms with van der Waals surface area (Å²) in [7, 11) is 0. The van der Waals surface area contributed by atoms with Crippen molar-refractivity contribution in [2.24, 2.45) is 4.99 Å². The number of carbonyl (C=O) groups is 2. The Morgan fingerprint density at radius 2 is 2.05 bits per heavy atom. The van der Waals surface area contributed by atoms with E-state index in [2.05, 4.69) is 10.3 Å². The van der Waals surface area contributed by atoms with Gasteiger partial charge in [0.2, 0.25) is 5.91 Å². The van der Waals surface area contributed by atoms with Crippen molar-refractivity contribution in [2.45, 2.75) is 6.92 Å². The van der Waals surface area contributed by atoms with Crippen LogP contribution in [0.1, 0.15) is 12.5 Å². The fraction of sp³-hybridized carbons (Fsp3) is 0.0714. The van der Waals surface area contributed by atoms with Gasteiger partial charge in [0.15, 0.2) is 5.17 Å². The van der Waals surface area contributed by atoms with Gasteiger partial charge in [-0.15, -0.1) is 0 Å². The summed E-state index contributed by atoms with van der Waals surface area (Å²) in [5, 5.41) is 2.83. The number of allylic oxidation sites excluding steroid dienone is 2. The maximum atomic E-state index is 11.5. The van der Waals surface area contributed by atoms with E-state index in [0.717, 1.165) is 17.3 Å². The third-order valence-electron chi connectivity index (χ3n) is 2.24. The average molecular weight is 272 g/mol. The lowest BCUT2D eigenvalue weighted by atomic mass is 10.2. The van der Waals surface area contributed by atoms with E-state index in [1.54, 1.807) is 12.2 Å². The Kier molecular flexibility index (Phi) is 4.30. The normalized spacial score (nSPS) is 17.0. The van der Waals surface area contributed by atoms with Gasteiger partial charge in [-0.2, -0.15) is 4.99 Å². The second kappa shape index (κ2) is 6.15. The van der Waals surface area contributed by atoms with Crippen LogP contribution in [0.15, 0.2) is 52.4 Å². The molecule has 0 aliphatic carbocycles. The van der Waals surface area contributed by atoms with Crippen molar-refractivity contribution in [1.29, 1.82) is 0 Å². The van der Waals surface area contributed by atoms with Crippen LogP contribution in [0.2, 0.25) is 0 Å². The molecule has 1 N–H and O–H groups in total. The number of thioether (sulfide) groups is 1. The molecule has 5 heteroatoms. The van der Waals surface area contributed by atoms with Crippen LogP contribution < -0.4 is 5.32 Å². The topological polar surface area (TPSA) is 58.5 Å². The maximum Gasteiger partial charge on any atom is 0.286 e.